The van der Waals surface area contributed by atoms with Crippen LogP contribution in [0.2, 0.25) is 0 Å². The Morgan fingerprint density at radius 2 is 1.39 bits per heavy atom. The lowest BCUT2D eigenvalue weighted by Crippen LogP contribution is -2.60. The maximum absolute atomic E-state index is 15.5. The predicted molar refractivity (Wildman–Crippen MR) is 88.2 cm³/mol. The molecule has 166 valence electrons. The van der Waals surface area contributed by atoms with Gasteiger partial charge in [0.25, 0.3) is 0 Å². The van der Waals surface area contributed by atoms with Crippen molar-refractivity contribution in [2.24, 2.45) is 5.92 Å². The number of hydrogen-bond donors (Lipinski definition) is 1. The second-order valence-corrected chi connectivity index (χ2v) is 6.45. The van der Waals surface area contributed by atoms with Gasteiger partial charge < -0.3 is 10.1 Å². The lowest BCUT2D eigenvalue weighted by molar-refractivity contribution is -0.154. The van der Waals surface area contributed by atoms with E-state index < -0.39 is 64.6 Å². The summed E-state index contributed by atoms with van der Waals surface area (Å²) in [5.41, 5.74) is -0.257. The molecule has 0 amide bonds. The first-order valence-electron chi connectivity index (χ1n) is 8.36. The van der Waals surface area contributed by atoms with Crippen molar-refractivity contribution in [1.29, 1.82) is 0 Å². The molecule has 2 aromatic carbocycles. The first-order chi connectivity index (χ1) is 14.4. The maximum Gasteiger partial charge on any atom is 0.323 e. The van der Waals surface area contributed by atoms with Crippen molar-refractivity contribution in [2.45, 2.75) is 17.9 Å². The zero-order chi connectivity index (χ0) is 23.1. The molecule has 1 aliphatic carbocycles. The average molecular weight is 455 g/mol. The molecule has 1 aliphatic rings. The molecule has 0 bridgehead atoms. The SMILES string of the molecule is O=C(Oc1c(F)c(F)c(F)c(F)c1F)C1C=CC(F)(F)C(F)C1(F)Nc1ccccc1. The molecular formula is C19H10F9NO2. The van der Waals surface area contributed by atoms with E-state index in [-0.39, 0.29) is 17.8 Å². The van der Waals surface area contributed by atoms with Crippen LogP contribution in [0, 0.1) is 35.0 Å². The molecule has 3 unspecified atom stereocenters. The van der Waals surface area contributed by atoms with Crippen LogP contribution in [-0.4, -0.2) is 23.9 Å². The van der Waals surface area contributed by atoms with Crippen molar-refractivity contribution in [3.8, 4) is 5.75 Å². The summed E-state index contributed by atoms with van der Waals surface area (Å²) in [6, 6.07) is 6.36. The summed E-state index contributed by atoms with van der Waals surface area (Å²) in [7, 11) is 0. The Hall–Kier alpha value is -3.18. The van der Waals surface area contributed by atoms with Gasteiger partial charge in [0.15, 0.2) is 0 Å². The van der Waals surface area contributed by atoms with Crippen LogP contribution in [0.15, 0.2) is 42.5 Å². The van der Waals surface area contributed by atoms with Gasteiger partial charge in [-0.3, -0.25) is 4.79 Å². The first kappa shape index (κ1) is 22.5. The van der Waals surface area contributed by atoms with E-state index in [9.17, 15) is 39.9 Å². The van der Waals surface area contributed by atoms with Gasteiger partial charge in [-0.1, -0.05) is 24.3 Å². The van der Waals surface area contributed by atoms with Gasteiger partial charge in [-0.15, -0.1) is 0 Å². The lowest BCUT2D eigenvalue weighted by Gasteiger charge is -2.40. The molecule has 0 saturated carbocycles. The number of anilines is 1. The third-order valence-corrected chi connectivity index (χ3v) is 4.41. The number of alkyl halides is 4. The van der Waals surface area contributed by atoms with Gasteiger partial charge in [-0.25, -0.2) is 22.0 Å². The number of hydrogen-bond acceptors (Lipinski definition) is 3. The van der Waals surface area contributed by atoms with E-state index >= 15 is 4.39 Å². The second-order valence-electron chi connectivity index (χ2n) is 6.45. The normalized spacial score (nSPS) is 24.7. The maximum atomic E-state index is 15.5. The summed E-state index contributed by atoms with van der Waals surface area (Å²) in [4.78, 5) is 12.3. The number of rotatable bonds is 4. The molecule has 0 heterocycles. The molecule has 0 fully saturated rings. The highest BCUT2D eigenvalue weighted by Crippen LogP contribution is 2.44. The molecule has 3 rings (SSSR count). The number of para-hydroxylation sites is 1. The fourth-order valence-electron chi connectivity index (χ4n) is 2.86. The van der Waals surface area contributed by atoms with Crippen molar-refractivity contribution in [1.82, 2.24) is 0 Å². The van der Waals surface area contributed by atoms with Crippen LogP contribution in [0.5, 0.6) is 5.75 Å². The molecule has 0 radical (unpaired) electrons. The first-order valence-corrected chi connectivity index (χ1v) is 8.36. The summed E-state index contributed by atoms with van der Waals surface area (Å²) in [5, 5.41) is 1.77. The molecule has 0 aromatic heterocycles. The highest BCUT2D eigenvalue weighted by molar-refractivity contribution is 5.80. The third-order valence-electron chi connectivity index (χ3n) is 4.41. The van der Waals surface area contributed by atoms with Crippen LogP contribution >= 0.6 is 0 Å². The molecule has 0 saturated heterocycles. The summed E-state index contributed by atoms with van der Waals surface area (Å²) < 4.78 is 129. The predicted octanol–water partition coefficient (Wildman–Crippen LogP) is 5.22. The number of nitrogens with one attached hydrogen (secondary N) is 1. The van der Waals surface area contributed by atoms with Crippen LogP contribution in [-0.2, 0) is 4.79 Å². The number of carbonyl (C=O) groups excluding carboxylic acids is 1. The minimum atomic E-state index is -4.40. The number of allylic oxidation sites excluding steroid dienone is 1. The van der Waals surface area contributed by atoms with Crippen molar-refractivity contribution in [3.05, 3.63) is 71.6 Å². The van der Waals surface area contributed by atoms with Crippen molar-refractivity contribution >= 4 is 11.7 Å². The van der Waals surface area contributed by atoms with Crippen LogP contribution in [0.1, 0.15) is 0 Å². The molecule has 31 heavy (non-hydrogen) atoms. The Kier molecular flexibility index (Phi) is 5.68. The van der Waals surface area contributed by atoms with E-state index in [2.05, 4.69) is 4.74 Å². The Labute approximate surface area is 168 Å². The highest BCUT2D eigenvalue weighted by Gasteiger charge is 2.62. The van der Waals surface area contributed by atoms with E-state index in [1.165, 1.54) is 18.2 Å². The number of halogens is 9. The fourth-order valence-corrected chi connectivity index (χ4v) is 2.86. The van der Waals surface area contributed by atoms with Crippen molar-refractivity contribution in [3.63, 3.8) is 0 Å². The largest absolute Gasteiger partial charge is 0.419 e. The lowest BCUT2D eigenvalue weighted by atomic mass is 9.83. The molecule has 0 aliphatic heterocycles. The topological polar surface area (TPSA) is 38.3 Å². The van der Waals surface area contributed by atoms with Gasteiger partial charge in [0.2, 0.25) is 46.8 Å². The van der Waals surface area contributed by atoms with E-state index in [1.807, 2.05) is 0 Å². The summed E-state index contributed by atoms with van der Waals surface area (Å²) in [6.45, 7) is 0. The van der Waals surface area contributed by atoms with E-state index in [1.54, 1.807) is 5.32 Å². The molecule has 1 N–H and O–H groups in total. The number of benzene rings is 2. The fraction of sp³-hybridized carbons (Fsp3) is 0.211. The van der Waals surface area contributed by atoms with E-state index in [0.717, 1.165) is 12.1 Å². The Morgan fingerprint density at radius 1 is 0.871 bits per heavy atom. The van der Waals surface area contributed by atoms with Crippen molar-refractivity contribution < 1.29 is 49.0 Å². The second kappa shape index (κ2) is 7.82. The smallest absolute Gasteiger partial charge is 0.323 e. The van der Waals surface area contributed by atoms with Crippen LogP contribution in [0.3, 0.4) is 0 Å². The zero-order valence-corrected chi connectivity index (χ0v) is 14.9. The minimum Gasteiger partial charge on any atom is -0.419 e. The molecule has 2 aromatic rings. The Balaban J connectivity index is 2.02. The molecule has 3 atom stereocenters. The monoisotopic (exact) mass is 455 g/mol. The quantitative estimate of drug-likeness (QED) is 0.131. The zero-order valence-electron chi connectivity index (χ0n) is 14.9. The van der Waals surface area contributed by atoms with Gasteiger partial charge >= 0.3 is 11.9 Å². The average Bonchev–Trinajstić information content (AvgIpc) is 2.73. The summed E-state index contributed by atoms with van der Waals surface area (Å²) in [5.74, 6) is -27.7. The number of esters is 1. The van der Waals surface area contributed by atoms with Gasteiger partial charge in [0, 0.05) is 5.69 Å². The Bertz CT molecular complexity index is 1020. The highest BCUT2D eigenvalue weighted by atomic mass is 19.3. The van der Waals surface area contributed by atoms with Crippen LogP contribution in [0.25, 0.3) is 0 Å². The van der Waals surface area contributed by atoms with E-state index in [4.69, 9.17) is 0 Å². The summed E-state index contributed by atoms with van der Waals surface area (Å²) in [6.07, 6.45) is -3.70. The van der Waals surface area contributed by atoms with Crippen molar-refractivity contribution in [2.75, 3.05) is 5.32 Å². The van der Waals surface area contributed by atoms with Gasteiger partial charge in [-0.2, -0.15) is 17.6 Å². The van der Waals surface area contributed by atoms with Crippen LogP contribution in [0.4, 0.5) is 45.2 Å². The number of ether oxygens (including phenoxy) is 1. The van der Waals surface area contributed by atoms with Gasteiger partial charge in [0.1, 0.15) is 5.92 Å². The standard InChI is InChI=1S/C19H10F9NO2/c20-10-11(21)13(23)15(14(24)12(10)22)31-16(30)9-6-7-18(26,27)17(25)19(9,28)29-8-4-2-1-3-5-8/h1-7,9,17,29H. The molecular weight excluding hydrogens is 445 g/mol. The molecule has 12 heteroatoms. The molecule has 3 nitrogen and oxygen atoms in total. The van der Waals surface area contributed by atoms with E-state index in [0.29, 0.717) is 0 Å². The van der Waals surface area contributed by atoms with Crippen LogP contribution < -0.4 is 10.1 Å². The van der Waals surface area contributed by atoms with Gasteiger partial charge in [0.05, 0.1) is 0 Å². The van der Waals surface area contributed by atoms with Gasteiger partial charge in [-0.05, 0) is 18.2 Å². The minimum absolute atomic E-state index is 0.167. The Morgan fingerprint density at radius 3 is 1.94 bits per heavy atom. The summed E-state index contributed by atoms with van der Waals surface area (Å²) >= 11 is 0. The third kappa shape index (κ3) is 3.81. The molecule has 0 spiro atoms. The number of carbonyl (C=O) groups is 1.